The molecule has 1 aromatic rings. The Labute approximate surface area is 114 Å². The Kier molecular flexibility index (Phi) is 4.24. The average Bonchev–Trinajstić information content (AvgIpc) is 2.46. The van der Waals surface area contributed by atoms with Gasteiger partial charge in [0.2, 0.25) is 0 Å². The molecule has 1 aliphatic heterocycles. The molecule has 3 N–H and O–H groups in total. The van der Waals surface area contributed by atoms with Crippen LogP contribution in [0.15, 0.2) is 23.5 Å². The van der Waals surface area contributed by atoms with Gasteiger partial charge in [-0.05, 0) is 36.8 Å². The molecule has 5 nitrogen and oxygen atoms in total. The second-order valence-corrected chi connectivity index (χ2v) is 5.46. The summed E-state index contributed by atoms with van der Waals surface area (Å²) in [6, 6.07) is 3.77. The van der Waals surface area contributed by atoms with Gasteiger partial charge in [-0.15, -0.1) is 0 Å². The fraction of sp³-hybridized carbons (Fsp3) is 0.571. The highest BCUT2D eigenvalue weighted by atomic mass is 16.4. The van der Waals surface area contributed by atoms with E-state index >= 15 is 0 Å². The van der Waals surface area contributed by atoms with Gasteiger partial charge in [0.1, 0.15) is 5.82 Å². The number of amidine groups is 1. The molecule has 0 radical (unpaired) electrons. The molecule has 1 saturated heterocycles. The first-order valence-corrected chi connectivity index (χ1v) is 6.80. The van der Waals surface area contributed by atoms with Crippen LogP contribution in [0.5, 0.6) is 0 Å². The third kappa shape index (κ3) is 3.16. The highest BCUT2D eigenvalue weighted by Crippen LogP contribution is 2.26. The van der Waals surface area contributed by atoms with Crippen LogP contribution in [0.3, 0.4) is 0 Å². The zero-order chi connectivity index (χ0) is 13.8. The second-order valence-electron chi connectivity index (χ2n) is 5.46. The maximum atomic E-state index is 8.61. The van der Waals surface area contributed by atoms with Crippen LogP contribution in [-0.4, -0.2) is 29.1 Å². The molecule has 0 spiro atoms. The summed E-state index contributed by atoms with van der Waals surface area (Å²) in [5, 5.41) is 11.6. The van der Waals surface area contributed by atoms with Gasteiger partial charge in [-0.2, -0.15) is 0 Å². The van der Waals surface area contributed by atoms with Crippen LogP contribution < -0.4 is 10.6 Å². The molecule has 0 aromatic carbocycles. The van der Waals surface area contributed by atoms with Crippen LogP contribution in [0.1, 0.15) is 32.3 Å². The molecule has 2 heterocycles. The minimum Gasteiger partial charge on any atom is -0.409 e. The van der Waals surface area contributed by atoms with E-state index in [1.54, 1.807) is 6.20 Å². The SMILES string of the molecule is CC(C)C1CCN(c2ccc(/C(N)=N/O)cn2)CC1. The topological polar surface area (TPSA) is 74.7 Å². The van der Waals surface area contributed by atoms with Crippen molar-refractivity contribution in [1.29, 1.82) is 0 Å². The summed E-state index contributed by atoms with van der Waals surface area (Å²) in [6.45, 7) is 6.70. The molecule has 0 unspecified atom stereocenters. The summed E-state index contributed by atoms with van der Waals surface area (Å²) in [7, 11) is 0. The van der Waals surface area contributed by atoms with Crippen molar-refractivity contribution in [1.82, 2.24) is 4.98 Å². The second kappa shape index (κ2) is 5.91. The van der Waals surface area contributed by atoms with Crippen LogP contribution in [0.2, 0.25) is 0 Å². The van der Waals surface area contributed by atoms with Crippen LogP contribution in [0.25, 0.3) is 0 Å². The van der Waals surface area contributed by atoms with E-state index in [1.165, 1.54) is 12.8 Å². The Hall–Kier alpha value is -1.78. The van der Waals surface area contributed by atoms with E-state index in [-0.39, 0.29) is 5.84 Å². The molecule has 0 aliphatic carbocycles. The van der Waals surface area contributed by atoms with Crippen molar-refractivity contribution < 1.29 is 5.21 Å². The van der Waals surface area contributed by atoms with Gasteiger partial charge in [0.25, 0.3) is 0 Å². The number of oxime groups is 1. The summed E-state index contributed by atoms with van der Waals surface area (Å²) in [6.07, 6.45) is 4.10. The Balaban J connectivity index is 2.00. The standard InChI is InChI=1S/C14H22N4O/c1-10(2)11-5-7-18(8-6-11)13-4-3-12(9-16-13)14(15)17-19/h3-4,9-11,19H,5-8H2,1-2H3,(H2,15,17). The molecule has 104 valence electrons. The van der Waals surface area contributed by atoms with Gasteiger partial charge in [-0.3, -0.25) is 0 Å². The highest BCUT2D eigenvalue weighted by molar-refractivity contribution is 5.96. The lowest BCUT2D eigenvalue weighted by Gasteiger charge is -2.34. The van der Waals surface area contributed by atoms with E-state index in [0.717, 1.165) is 30.7 Å². The van der Waals surface area contributed by atoms with E-state index in [4.69, 9.17) is 10.9 Å². The molecule has 1 fully saturated rings. The van der Waals surface area contributed by atoms with Gasteiger partial charge in [0.15, 0.2) is 5.84 Å². The molecule has 0 amide bonds. The normalized spacial score (nSPS) is 18.1. The Morgan fingerprint density at radius 3 is 2.58 bits per heavy atom. The fourth-order valence-corrected chi connectivity index (χ4v) is 2.58. The molecule has 2 rings (SSSR count). The van der Waals surface area contributed by atoms with E-state index in [1.807, 2.05) is 12.1 Å². The van der Waals surface area contributed by atoms with E-state index in [9.17, 15) is 0 Å². The van der Waals surface area contributed by atoms with Crippen molar-refractivity contribution in [2.24, 2.45) is 22.7 Å². The van der Waals surface area contributed by atoms with Gasteiger partial charge >= 0.3 is 0 Å². The van der Waals surface area contributed by atoms with Gasteiger partial charge in [-0.25, -0.2) is 4.98 Å². The van der Waals surface area contributed by atoms with Crippen LogP contribution >= 0.6 is 0 Å². The minimum atomic E-state index is 0.0950. The summed E-state index contributed by atoms with van der Waals surface area (Å²) in [5.74, 6) is 2.65. The molecule has 0 bridgehead atoms. The molecule has 1 aromatic heterocycles. The molecule has 0 saturated carbocycles. The maximum Gasteiger partial charge on any atom is 0.171 e. The number of anilines is 1. The average molecular weight is 262 g/mol. The van der Waals surface area contributed by atoms with Gasteiger partial charge in [0, 0.05) is 24.8 Å². The zero-order valence-corrected chi connectivity index (χ0v) is 11.6. The number of piperidine rings is 1. The number of aromatic nitrogens is 1. The third-order valence-electron chi connectivity index (χ3n) is 3.96. The first kappa shape index (κ1) is 13.6. The van der Waals surface area contributed by atoms with Crippen molar-refractivity contribution in [2.75, 3.05) is 18.0 Å². The van der Waals surface area contributed by atoms with Gasteiger partial charge in [0.05, 0.1) is 0 Å². The number of nitrogens with two attached hydrogens (primary N) is 1. The zero-order valence-electron chi connectivity index (χ0n) is 11.6. The molecule has 0 atom stereocenters. The van der Waals surface area contributed by atoms with Gasteiger partial charge < -0.3 is 15.8 Å². The van der Waals surface area contributed by atoms with Crippen molar-refractivity contribution >= 4 is 11.7 Å². The van der Waals surface area contributed by atoms with Crippen molar-refractivity contribution in [3.05, 3.63) is 23.9 Å². The summed E-state index contributed by atoms with van der Waals surface area (Å²) in [4.78, 5) is 6.70. The Morgan fingerprint density at radius 2 is 2.11 bits per heavy atom. The minimum absolute atomic E-state index is 0.0950. The Bertz CT molecular complexity index is 433. The molecule has 19 heavy (non-hydrogen) atoms. The van der Waals surface area contributed by atoms with E-state index < -0.39 is 0 Å². The predicted molar refractivity (Wildman–Crippen MR) is 76.5 cm³/mol. The van der Waals surface area contributed by atoms with Crippen LogP contribution in [-0.2, 0) is 0 Å². The molecule has 1 aliphatic rings. The first-order valence-electron chi connectivity index (χ1n) is 6.80. The maximum absolute atomic E-state index is 8.61. The predicted octanol–water partition coefficient (Wildman–Crippen LogP) is 2.05. The lowest BCUT2D eigenvalue weighted by Crippen LogP contribution is -2.35. The van der Waals surface area contributed by atoms with Crippen LogP contribution in [0, 0.1) is 11.8 Å². The van der Waals surface area contributed by atoms with Crippen LogP contribution in [0.4, 0.5) is 5.82 Å². The number of pyridine rings is 1. The summed E-state index contributed by atoms with van der Waals surface area (Å²) >= 11 is 0. The molecular weight excluding hydrogens is 240 g/mol. The first-order chi connectivity index (χ1) is 9.11. The number of hydrogen-bond donors (Lipinski definition) is 2. The van der Waals surface area contributed by atoms with Crippen molar-refractivity contribution in [2.45, 2.75) is 26.7 Å². The van der Waals surface area contributed by atoms with E-state index in [0.29, 0.717) is 5.56 Å². The van der Waals surface area contributed by atoms with Crippen molar-refractivity contribution in [3.63, 3.8) is 0 Å². The summed E-state index contributed by atoms with van der Waals surface area (Å²) in [5.41, 5.74) is 6.16. The Morgan fingerprint density at radius 1 is 1.42 bits per heavy atom. The van der Waals surface area contributed by atoms with Crippen molar-refractivity contribution in [3.8, 4) is 0 Å². The lowest BCUT2D eigenvalue weighted by atomic mass is 9.87. The summed E-state index contributed by atoms with van der Waals surface area (Å²) < 4.78 is 0. The molecule has 5 heteroatoms. The quantitative estimate of drug-likeness (QED) is 0.378. The third-order valence-corrected chi connectivity index (χ3v) is 3.96. The monoisotopic (exact) mass is 262 g/mol. The molecular formula is C14H22N4O. The largest absolute Gasteiger partial charge is 0.409 e. The van der Waals surface area contributed by atoms with Gasteiger partial charge in [-0.1, -0.05) is 19.0 Å². The number of nitrogens with zero attached hydrogens (tertiary/aromatic N) is 3. The fourth-order valence-electron chi connectivity index (χ4n) is 2.58. The lowest BCUT2D eigenvalue weighted by molar-refractivity contribution is 0.310. The van der Waals surface area contributed by atoms with E-state index in [2.05, 4.69) is 28.9 Å². The number of rotatable bonds is 3. The number of hydrogen-bond acceptors (Lipinski definition) is 4. The smallest absolute Gasteiger partial charge is 0.171 e. The highest BCUT2D eigenvalue weighted by Gasteiger charge is 2.22.